The Bertz CT molecular complexity index is 774. The smallest absolute Gasteiger partial charge is 0.296 e. The van der Waals surface area contributed by atoms with Crippen LogP contribution in [0, 0.1) is 6.92 Å². The molecule has 0 fully saturated rings. The first-order chi connectivity index (χ1) is 11.1. The van der Waals surface area contributed by atoms with Crippen LogP contribution in [0.4, 0.5) is 0 Å². The molecule has 2 rings (SSSR count). The zero-order valence-electron chi connectivity index (χ0n) is 13.4. The highest BCUT2D eigenvalue weighted by atomic mass is 32.2. The number of aryl methyl sites for hydroxylation is 1. The summed E-state index contributed by atoms with van der Waals surface area (Å²) < 4.78 is 12.1. The molecule has 1 aromatic carbocycles. The van der Waals surface area contributed by atoms with Gasteiger partial charge < -0.3 is 9.47 Å². The maximum Gasteiger partial charge on any atom is 0.296 e. The lowest BCUT2D eigenvalue weighted by molar-refractivity contribution is 0.310. The fourth-order valence-electron chi connectivity index (χ4n) is 1.89. The summed E-state index contributed by atoms with van der Waals surface area (Å²) in [5.74, 6) is 1.19. The molecule has 0 saturated carbocycles. The molecule has 0 unspecified atom stereocenters. The number of hydrogen-bond donors (Lipinski definition) is 0. The molecule has 0 amide bonds. The van der Waals surface area contributed by atoms with Gasteiger partial charge in [-0.05, 0) is 32.2 Å². The topological polar surface area (TPSA) is 78.6 Å². The van der Waals surface area contributed by atoms with Gasteiger partial charge in [-0.2, -0.15) is 9.78 Å². The van der Waals surface area contributed by atoms with Crippen molar-refractivity contribution in [1.29, 1.82) is 0 Å². The van der Waals surface area contributed by atoms with Gasteiger partial charge in [0, 0.05) is 5.56 Å². The van der Waals surface area contributed by atoms with Crippen molar-refractivity contribution in [2.45, 2.75) is 19.0 Å². The normalized spacial score (nSPS) is 11.0. The van der Waals surface area contributed by atoms with Gasteiger partial charge in [0.25, 0.3) is 5.56 Å². The lowest BCUT2D eigenvalue weighted by atomic mass is 10.2. The number of nitrogens with zero attached hydrogens (tertiary/aromatic N) is 4. The Kier molecular flexibility index (Phi) is 5.75. The molecule has 0 bridgehead atoms. The van der Waals surface area contributed by atoms with Crippen LogP contribution >= 0.6 is 11.8 Å². The van der Waals surface area contributed by atoms with Crippen LogP contribution in [0.1, 0.15) is 18.2 Å². The van der Waals surface area contributed by atoms with Crippen LogP contribution in [-0.4, -0.2) is 41.1 Å². The minimum absolute atomic E-state index is 0.288. The van der Waals surface area contributed by atoms with Crippen LogP contribution in [0.15, 0.2) is 33.3 Å². The second-order valence-electron chi connectivity index (χ2n) is 4.45. The van der Waals surface area contributed by atoms with Gasteiger partial charge in [0.1, 0.15) is 5.69 Å². The molecule has 23 heavy (non-hydrogen) atoms. The molecule has 1 heterocycles. The average Bonchev–Trinajstić information content (AvgIpc) is 2.57. The Labute approximate surface area is 138 Å². The molecule has 0 aliphatic heterocycles. The molecule has 7 nitrogen and oxygen atoms in total. The Morgan fingerprint density at radius 3 is 2.83 bits per heavy atom. The molecule has 8 heteroatoms. The zero-order chi connectivity index (χ0) is 16.8. The van der Waals surface area contributed by atoms with Gasteiger partial charge >= 0.3 is 0 Å². The van der Waals surface area contributed by atoms with E-state index in [2.05, 4.69) is 15.3 Å². The van der Waals surface area contributed by atoms with Gasteiger partial charge in [-0.3, -0.25) is 4.79 Å². The summed E-state index contributed by atoms with van der Waals surface area (Å²) in [6, 6.07) is 5.47. The molecule has 122 valence electrons. The Balaban J connectivity index is 2.49. The van der Waals surface area contributed by atoms with Crippen LogP contribution in [0.2, 0.25) is 0 Å². The van der Waals surface area contributed by atoms with Crippen molar-refractivity contribution in [3.63, 3.8) is 0 Å². The minimum Gasteiger partial charge on any atom is -0.493 e. The fraction of sp³-hybridized carbons (Fsp3) is 0.333. The highest BCUT2D eigenvalue weighted by molar-refractivity contribution is 7.98. The monoisotopic (exact) mass is 334 g/mol. The van der Waals surface area contributed by atoms with Crippen LogP contribution in [0.3, 0.4) is 0 Å². The van der Waals surface area contributed by atoms with E-state index in [1.165, 1.54) is 16.4 Å². The predicted octanol–water partition coefficient (Wildman–Crippen LogP) is 1.96. The predicted molar refractivity (Wildman–Crippen MR) is 90.0 cm³/mol. The second-order valence-corrected chi connectivity index (χ2v) is 5.22. The van der Waals surface area contributed by atoms with E-state index in [4.69, 9.17) is 9.47 Å². The first-order valence-corrected chi connectivity index (χ1v) is 8.19. The molecule has 0 atom stereocenters. The van der Waals surface area contributed by atoms with Gasteiger partial charge in [-0.25, -0.2) is 0 Å². The van der Waals surface area contributed by atoms with Crippen LogP contribution in [-0.2, 0) is 0 Å². The number of rotatable bonds is 6. The quantitative estimate of drug-likeness (QED) is 0.593. The van der Waals surface area contributed by atoms with Crippen molar-refractivity contribution in [2.75, 3.05) is 20.0 Å². The minimum atomic E-state index is -0.304. The van der Waals surface area contributed by atoms with Gasteiger partial charge in [0.2, 0.25) is 5.16 Å². The highest BCUT2D eigenvalue weighted by Crippen LogP contribution is 2.30. The molecule has 0 N–H and O–H groups in total. The standard InChI is InChI=1S/C15H18N4O3S/c1-5-22-13-11(7-6-8-12(13)21-3)9-16-19-14(20)10(2)17-18-15(19)23-4/h6-9H,5H2,1-4H3/b16-9-. The molecule has 0 radical (unpaired) electrons. The Hall–Kier alpha value is -2.35. The molecule has 2 aromatic rings. The molecule has 0 aliphatic rings. The van der Waals surface area contributed by atoms with E-state index in [0.29, 0.717) is 28.8 Å². The fourth-order valence-corrected chi connectivity index (χ4v) is 2.31. The van der Waals surface area contributed by atoms with E-state index < -0.39 is 0 Å². The van der Waals surface area contributed by atoms with Crippen molar-refractivity contribution in [2.24, 2.45) is 5.10 Å². The molecular formula is C15H18N4O3S. The van der Waals surface area contributed by atoms with E-state index in [1.807, 2.05) is 25.3 Å². The van der Waals surface area contributed by atoms with Gasteiger partial charge in [-0.1, -0.05) is 17.8 Å². The summed E-state index contributed by atoms with van der Waals surface area (Å²) >= 11 is 1.30. The lowest BCUT2D eigenvalue weighted by Crippen LogP contribution is -2.23. The van der Waals surface area contributed by atoms with Crippen molar-refractivity contribution in [3.05, 3.63) is 39.8 Å². The highest BCUT2D eigenvalue weighted by Gasteiger charge is 2.10. The van der Waals surface area contributed by atoms with E-state index >= 15 is 0 Å². The Morgan fingerprint density at radius 1 is 1.39 bits per heavy atom. The largest absolute Gasteiger partial charge is 0.493 e. The molecule has 0 saturated heterocycles. The van der Waals surface area contributed by atoms with Crippen molar-refractivity contribution >= 4 is 18.0 Å². The van der Waals surface area contributed by atoms with Gasteiger partial charge in [0.05, 0.1) is 19.9 Å². The van der Waals surface area contributed by atoms with E-state index in [9.17, 15) is 4.79 Å². The number of benzene rings is 1. The van der Waals surface area contributed by atoms with Crippen molar-refractivity contribution < 1.29 is 9.47 Å². The van der Waals surface area contributed by atoms with E-state index in [1.54, 1.807) is 26.3 Å². The average molecular weight is 334 g/mol. The lowest BCUT2D eigenvalue weighted by Gasteiger charge is -2.11. The molecule has 1 aromatic heterocycles. The van der Waals surface area contributed by atoms with Crippen molar-refractivity contribution in [1.82, 2.24) is 14.9 Å². The first kappa shape index (κ1) is 17.0. The number of methoxy groups -OCH3 is 1. The molecule has 0 spiro atoms. The third-order valence-electron chi connectivity index (χ3n) is 2.98. The number of hydrogen-bond acceptors (Lipinski definition) is 7. The van der Waals surface area contributed by atoms with Crippen LogP contribution < -0.4 is 15.0 Å². The van der Waals surface area contributed by atoms with Crippen LogP contribution in [0.5, 0.6) is 11.5 Å². The van der Waals surface area contributed by atoms with Crippen LogP contribution in [0.25, 0.3) is 0 Å². The summed E-state index contributed by atoms with van der Waals surface area (Å²) in [6.07, 6.45) is 3.36. The summed E-state index contributed by atoms with van der Waals surface area (Å²) in [4.78, 5) is 12.2. The molecular weight excluding hydrogens is 316 g/mol. The summed E-state index contributed by atoms with van der Waals surface area (Å²) in [7, 11) is 1.57. The van der Waals surface area contributed by atoms with Crippen molar-refractivity contribution in [3.8, 4) is 11.5 Å². The maximum absolute atomic E-state index is 12.2. The van der Waals surface area contributed by atoms with Gasteiger partial charge in [0.15, 0.2) is 11.5 Å². The van der Waals surface area contributed by atoms with E-state index in [-0.39, 0.29) is 11.3 Å². The second kappa shape index (κ2) is 7.77. The summed E-state index contributed by atoms with van der Waals surface area (Å²) in [6.45, 7) is 3.98. The summed E-state index contributed by atoms with van der Waals surface area (Å²) in [5, 5.41) is 12.4. The third-order valence-corrected chi connectivity index (χ3v) is 3.60. The molecule has 0 aliphatic carbocycles. The first-order valence-electron chi connectivity index (χ1n) is 6.96. The number of para-hydroxylation sites is 1. The third kappa shape index (κ3) is 3.70. The Morgan fingerprint density at radius 2 is 2.17 bits per heavy atom. The number of ether oxygens (including phenoxy) is 2. The zero-order valence-corrected chi connectivity index (χ0v) is 14.3. The van der Waals surface area contributed by atoms with E-state index in [0.717, 1.165) is 0 Å². The number of aromatic nitrogens is 3. The number of thioether (sulfide) groups is 1. The SMILES string of the molecule is CCOc1c(/C=N\n2c(SC)nnc(C)c2=O)cccc1OC. The maximum atomic E-state index is 12.2. The summed E-state index contributed by atoms with van der Waals surface area (Å²) in [5.41, 5.74) is 0.691. The van der Waals surface area contributed by atoms with Gasteiger partial charge in [-0.15, -0.1) is 10.2 Å².